The van der Waals surface area contributed by atoms with E-state index in [9.17, 15) is 4.79 Å². The highest BCUT2D eigenvalue weighted by Crippen LogP contribution is 2.27. The minimum atomic E-state index is -0.0369. The van der Waals surface area contributed by atoms with Crippen LogP contribution in [-0.4, -0.2) is 4.98 Å². The zero-order chi connectivity index (χ0) is 14.9. The minimum Gasteiger partial charge on any atom is -0.456 e. The fraction of sp³-hybridized carbons (Fsp3) is 0. The van der Waals surface area contributed by atoms with Crippen LogP contribution in [0.2, 0.25) is 0 Å². The van der Waals surface area contributed by atoms with Gasteiger partial charge in [-0.2, -0.15) is 11.3 Å². The molecule has 0 atom stereocenters. The van der Waals surface area contributed by atoms with Gasteiger partial charge < -0.3 is 4.42 Å². The third-order valence-corrected chi connectivity index (χ3v) is 4.23. The van der Waals surface area contributed by atoms with Crippen LogP contribution in [0.25, 0.3) is 33.4 Å². The van der Waals surface area contributed by atoms with Gasteiger partial charge >= 0.3 is 0 Å². The lowest BCUT2D eigenvalue weighted by Gasteiger charge is -2.04. The summed E-state index contributed by atoms with van der Waals surface area (Å²) in [5.74, 6) is 0.559. The van der Waals surface area contributed by atoms with Gasteiger partial charge in [-0.25, -0.2) is 0 Å². The number of hydrogen-bond donors (Lipinski definition) is 0. The normalized spacial score (nSPS) is 10.9. The molecule has 0 bridgehead atoms. The molecule has 0 saturated heterocycles. The molecule has 1 aromatic carbocycles. The van der Waals surface area contributed by atoms with Crippen molar-refractivity contribution in [3.63, 3.8) is 0 Å². The fourth-order valence-electron chi connectivity index (χ4n) is 2.42. The summed E-state index contributed by atoms with van der Waals surface area (Å²) in [6, 6.07) is 12.9. The molecule has 4 heteroatoms. The molecule has 106 valence electrons. The van der Waals surface area contributed by atoms with Crippen molar-refractivity contribution < 1.29 is 4.42 Å². The van der Waals surface area contributed by atoms with Crippen molar-refractivity contribution in [2.24, 2.45) is 0 Å². The van der Waals surface area contributed by atoms with Crippen LogP contribution >= 0.6 is 11.3 Å². The predicted molar refractivity (Wildman–Crippen MR) is 89.0 cm³/mol. The van der Waals surface area contributed by atoms with Crippen molar-refractivity contribution in [3.8, 4) is 22.5 Å². The topological polar surface area (TPSA) is 43.1 Å². The van der Waals surface area contributed by atoms with Crippen LogP contribution in [0.4, 0.5) is 0 Å². The van der Waals surface area contributed by atoms with Gasteiger partial charge in [0.1, 0.15) is 11.3 Å². The zero-order valence-electron chi connectivity index (χ0n) is 11.5. The largest absolute Gasteiger partial charge is 0.456 e. The van der Waals surface area contributed by atoms with Gasteiger partial charge in [0, 0.05) is 24.0 Å². The zero-order valence-corrected chi connectivity index (χ0v) is 12.3. The van der Waals surface area contributed by atoms with Gasteiger partial charge in [-0.05, 0) is 52.2 Å². The van der Waals surface area contributed by atoms with Crippen molar-refractivity contribution in [2.75, 3.05) is 0 Å². The van der Waals surface area contributed by atoms with Gasteiger partial charge in [-0.15, -0.1) is 0 Å². The first kappa shape index (κ1) is 13.0. The van der Waals surface area contributed by atoms with Crippen LogP contribution in [0.15, 0.2) is 74.8 Å². The number of thiophene rings is 1. The van der Waals surface area contributed by atoms with Gasteiger partial charge in [-0.1, -0.05) is 6.07 Å². The van der Waals surface area contributed by atoms with E-state index in [4.69, 9.17) is 4.42 Å². The number of fused-ring (bicyclic) bond motifs is 1. The Balaban J connectivity index is 1.90. The third kappa shape index (κ3) is 2.23. The molecule has 0 amide bonds. The Morgan fingerprint density at radius 2 is 1.77 bits per heavy atom. The number of pyridine rings is 1. The van der Waals surface area contributed by atoms with Gasteiger partial charge in [0.15, 0.2) is 5.43 Å². The van der Waals surface area contributed by atoms with Gasteiger partial charge in [0.05, 0.1) is 5.39 Å². The van der Waals surface area contributed by atoms with E-state index in [1.54, 1.807) is 23.7 Å². The van der Waals surface area contributed by atoms with Gasteiger partial charge in [-0.3, -0.25) is 9.78 Å². The summed E-state index contributed by atoms with van der Waals surface area (Å²) in [7, 11) is 0. The maximum Gasteiger partial charge on any atom is 0.193 e. The van der Waals surface area contributed by atoms with E-state index in [-0.39, 0.29) is 5.43 Å². The number of hydrogen-bond acceptors (Lipinski definition) is 4. The molecule has 0 radical (unpaired) electrons. The van der Waals surface area contributed by atoms with Crippen molar-refractivity contribution in [2.45, 2.75) is 0 Å². The second kappa shape index (κ2) is 5.24. The van der Waals surface area contributed by atoms with Crippen molar-refractivity contribution in [1.29, 1.82) is 0 Å². The Kier molecular flexibility index (Phi) is 3.09. The van der Waals surface area contributed by atoms with E-state index >= 15 is 0 Å². The van der Waals surface area contributed by atoms with E-state index in [2.05, 4.69) is 10.4 Å². The molecule has 0 fully saturated rings. The Bertz CT molecular complexity index is 989. The quantitative estimate of drug-likeness (QED) is 0.544. The summed E-state index contributed by atoms with van der Waals surface area (Å²) in [5.41, 5.74) is 3.54. The number of aromatic nitrogens is 1. The Morgan fingerprint density at radius 3 is 2.55 bits per heavy atom. The van der Waals surface area contributed by atoms with Crippen LogP contribution in [-0.2, 0) is 0 Å². The molecular formula is C18H11NO2S. The van der Waals surface area contributed by atoms with E-state index in [0.29, 0.717) is 16.7 Å². The average Bonchev–Trinajstić information content (AvgIpc) is 3.10. The van der Waals surface area contributed by atoms with E-state index in [1.807, 2.05) is 41.8 Å². The highest BCUT2D eigenvalue weighted by Gasteiger charge is 2.08. The number of rotatable bonds is 2. The highest BCUT2D eigenvalue weighted by atomic mass is 32.1. The number of benzene rings is 1. The fourth-order valence-corrected chi connectivity index (χ4v) is 3.09. The molecule has 0 unspecified atom stereocenters. The summed E-state index contributed by atoms with van der Waals surface area (Å²) >= 11 is 1.64. The molecule has 4 aromatic rings. The lowest BCUT2D eigenvalue weighted by molar-refractivity contribution is 0.619. The van der Waals surface area contributed by atoms with Crippen molar-refractivity contribution >= 4 is 22.3 Å². The second-order valence-corrected chi connectivity index (χ2v) is 5.71. The van der Waals surface area contributed by atoms with E-state index in [0.717, 1.165) is 16.7 Å². The molecule has 3 heterocycles. The van der Waals surface area contributed by atoms with Crippen molar-refractivity contribution in [1.82, 2.24) is 4.98 Å². The maximum atomic E-state index is 12.4. The molecule has 0 spiro atoms. The summed E-state index contributed by atoms with van der Waals surface area (Å²) in [6.07, 6.45) is 3.36. The molecule has 0 N–H and O–H groups in total. The SMILES string of the molecule is O=c1cc(-c2ccncc2)oc2ccc(-c3ccsc3)cc12. The first-order valence-electron chi connectivity index (χ1n) is 6.82. The summed E-state index contributed by atoms with van der Waals surface area (Å²) in [4.78, 5) is 16.4. The lowest BCUT2D eigenvalue weighted by Crippen LogP contribution is -2.00. The van der Waals surface area contributed by atoms with Crippen LogP contribution in [0.1, 0.15) is 0 Å². The molecule has 0 aliphatic rings. The summed E-state index contributed by atoms with van der Waals surface area (Å²) in [6.45, 7) is 0. The predicted octanol–water partition coefficient (Wildman–Crippen LogP) is 4.58. The molecule has 4 rings (SSSR count). The smallest absolute Gasteiger partial charge is 0.193 e. The van der Waals surface area contributed by atoms with Crippen LogP contribution < -0.4 is 5.43 Å². The molecule has 0 aliphatic heterocycles. The summed E-state index contributed by atoms with van der Waals surface area (Å²) in [5, 5.41) is 4.68. The first-order valence-corrected chi connectivity index (χ1v) is 7.76. The second-order valence-electron chi connectivity index (χ2n) is 4.93. The molecule has 0 aliphatic carbocycles. The Morgan fingerprint density at radius 1 is 0.909 bits per heavy atom. The van der Waals surface area contributed by atoms with E-state index in [1.165, 1.54) is 6.07 Å². The van der Waals surface area contributed by atoms with E-state index < -0.39 is 0 Å². The highest BCUT2D eigenvalue weighted by molar-refractivity contribution is 7.08. The average molecular weight is 305 g/mol. The molecule has 3 aromatic heterocycles. The Labute approximate surface area is 130 Å². The third-order valence-electron chi connectivity index (χ3n) is 3.55. The minimum absolute atomic E-state index is 0.0369. The van der Waals surface area contributed by atoms with Gasteiger partial charge in [0.2, 0.25) is 0 Å². The summed E-state index contributed by atoms with van der Waals surface area (Å²) < 4.78 is 5.88. The molecule has 22 heavy (non-hydrogen) atoms. The van der Waals surface area contributed by atoms with Crippen LogP contribution in [0.3, 0.4) is 0 Å². The van der Waals surface area contributed by atoms with Crippen LogP contribution in [0.5, 0.6) is 0 Å². The molecule has 3 nitrogen and oxygen atoms in total. The van der Waals surface area contributed by atoms with Crippen molar-refractivity contribution in [3.05, 3.63) is 75.8 Å². The maximum absolute atomic E-state index is 12.4. The molecular weight excluding hydrogens is 294 g/mol. The first-order chi connectivity index (χ1) is 10.8. The lowest BCUT2D eigenvalue weighted by atomic mass is 10.1. The Hall–Kier alpha value is -2.72. The van der Waals surface area contributed by atoms with Gasteiger partial charge in [0.25, 0.3) is 0 Å². The van der Waals surface area contributed by atoms with Crippen LogP contribution in [0, 0.1) is 0 Å². The number of nitrogens with zero attached hydrogens (tertiary/aromatic N) is 1. The molecule has 0 saturated carbocycles. The standard InChI is InChI=1S/C18H11NO2S/c20-16-10-18(12-3-6-19-7-4-12)21-17-2-1-13(9-15(16)17)14-5-8-22-11-14/h1-11H. The monoisotopic (exact) mass is 305 g/mol.